The molecule has 0 amide bonds. The molecule has 1 heterocycles. The van der Waals surface area contributed by atoms with Crippen molar-refractivity contribution in [2.75, 3.05) is 5.32 Å². The van der Waals surface area contributed by atoms with E-state index in [0.717, 1.165) is 12.1 Å². The molecule has 0 spiro atoms. The number of carboxylic acids is 1. The van der Waals surface area contributed by atoms with Gasteiger partial charge in [0.2, 0.25) is 0 Å². The molecule has 0 radical (unpaired) electrons. The number of hydrogen-bond acceptors (Lipinski definition) is 3. The first-order chi connectivity index (χ1) is 10.4. The molecule has 0 aromatic heterocycles. The van der Waals surface area contributed by atoms with Gasteiger partial charge in [-0.15, -0.1) is 0 Å². The monoisotopic (exact) mass is 325 g/mol. The lowest BCUT2D eigenvalue weighted by Crippen LogP contribution is -2.09. The van der Waals surface area contributed by atoms with Crippen LogP contribution in [0.4, 0.5) is 18.9 Å². The van der Waals surface area contributed by atoms with E-state index in [1.165, 1.54) is 23.9 Å². The minimum atomic E-state index is -4.40. The number of para-hydroxylation sites is 1. The van der Waals surface area contributed by atoms with Gasteiger partial charge in [-0.25, -0.2) is 4.79 Å². The molecule has 2 aromatic carbocycles. The van der Waals surface area contributed by atoms with Gasteiger partial charge in [-0.1, -0.05) is 30.0 Å². The van der Waals surface area contributed by atoms with Crippen LogP contribution in [0.3, 0.4) is 0 Å². The number of nitrogens with one attached hydrogen (secondary N) is 1. The number of halogens is 3. The van der Waals surface area contributed by atoms with Crippen molar-refractivity contribution in [3.8, 4) is 0 Å². The molecule has 3 nitrogen and oxygen atoms in total. The van der Waals surface area contributed by atoms with Crippen LogP contribution in [0, 0.1) is 0 Å². The Morgan fingerprint density at radius 3 is 2.59 bits per heavy atom. The fourth-order valence-corrected chi connectivity index (χ4v) is 3.43. The van der Waals surface area contributed by atoms with E-state index >= 15 is 0 Å². The standard InChI is InChI=1S/C15H10F3NO2S/c16-15(17,18)9-4-1-3-8(7-9)13-19-12-10(14(20)21)5-2-6-11(12)22-13/h1-7,13,19H,(H,20,21). The highest BCUT2D eigenvalue weighted by Gasteiger charge is 2.32. The van der Waals surface area contributed by atoms with E-state index in [1.54, 1.807) is 18.2 Å². The number of anilines is 1. The highest BCUT2D eigenvalue weighted by atomic mass is 32.2. The zero-order valence-corrected chi connectivity index (χ0v) is 11.8. The van der Waals surface area contributed by atoms with Crippen molar-refractivity contribution < 1.29 is 23.1 Å². The lowest BCUT2D eigenvalue weighted by molar-refractivity contribution is -0.137. The molecule has 114 valence electrons. The lowest BCUT2D eigenvalue weighted by Gasteiger charge is -2.14. The van der Waals surface area contributed by atoms with Gasteiger partial charge in [-0.05, 0) is 29.8 Å². The second-order valence-corrected chi connectivity index (χ2v) is 5.90. The summed E-state index contributed by atoms with van der Waals surface area (Å²) in [4.78, 5) is 11.9. The Kier molecular flexibility index (Phi) is 3.52. The third-order valence-electron chi connectivity index (χ3n) is 3.29. The van der Waals surface area contributed by atoms with Gasteiger partial charge in [0, 0.05) is 4.90 Å². The highest BCUT2D eigenvalue weighted by Crippen LogP contribution is 2.48. The molecule has 22 heavy (non-hydrogen) atoms. The van der Waals surface area contributed by atoms with Crippen LogP contribution in [0.25, 0.3) is 0 Å². The number of aromatic carboxylic acids is 1. The number of alkyl halides is 3. The SMILES string of the molecule is O=C(O)c1cccc2c1NC(c1cccc(C(F)(F)F)c1)S2. The second-order valence-electron chi connectivity index (χ2n) is 4.75. The molecule has 2 N–H and O–H groups in total. The lowest BCUT2D eigenvalue weighted by atomic mass is 10.1. The largest absolute Gasteiger partial charge is 0.478 e. The van der Waals surface area contributed by atoms with Gasteiger partial charge < -0.3 is 10.4 Å². The molecule has 7 heteroatoms. The van der Waals surface area contributed by atoms with Crippen molar-refractivity contribution in [1.82, 2.24) is 0 Å². The minimum absolute atomic E-state index is 0.111. The second kappa shape index (κ2) is 5.24. The molecule has 1 unspecified atom stereocenters. The van der Waals surface area contributed by atoms with E-state index in [0.29, 0.717) is 16.1 Å². The molecule has 2 aromatic rings. The Hall–Kier alpha value is -2.15. The van der Waals surface area contributed by atoms with Crippen LogP contribution in [0.5, 0.6) is 0 Å². The molecule has 1 aliphatic rings. The predicted molar refractivity (Wildman–Crippen MR) is 77.1 cm³/mol. The molecule has 1 atom stereocenters. The smallest absolute Gasteiger partial charge is 0.416 e. The summed E-state index contributed by atoms with van der Waals surface area (Å²) in [6.45, 7) is 0. The van der Waals surface area contributed by atoms with E-state index in [1.807, 2.05) is 0 Å². The first-order valence-electron chi connectivity index (χ1n) is 6.33. The van der Waals surface area contributed by atoms with E-state index in [-0.39, 0.29) is 5.56 Å². The maximum atomic E-state index is 12.8. The molecule has 0 fully saturated rings. The molecule has 0 saturated carbocycles. The summed E-state index contributed by atoms with van der Waals surface area (Å²) >= 11 is 1.30. The first kappa shape index (κ1) is 14.8. The van der Waals surface area contributed by atoms with Crippen LogP contribution >= 0.6 is 11.8 Å². The zero-order valence-electron chi connectivity index (χ0n) is 11.0. The predicted octanol–water partition coefficient (Wildman–Crippen LogP) is 4.62. The fourth-order valence-electron chi connectivity index (χ4n) is 2.27. The zero-order chi connectivity index (χ0) is 15.9. The number of hydrogen-bond donors (Lipinski definition) is 2. The maximum absolute atomic E-state index is 12.8. The summed E-state index contributed by atoms with van der Waals surface area (Å²) in [7, 11) is 0. The van der Waals surface area contributed by atoms with Crippen LogP contribution in [-0.4, -0.2) is 11.1 Å². The van der Waals surface area contributed by atoms with Gasteiger partial charge >= 0.3 is 12.1 Å². The van der Waals surface area contributed by atoms with E-state index in [4.69, 9.17) is 5.11 Å². The molecule has 0 saturated heterocycles. The Morgan fingerprint density at radius 2 is 1.91 bits per heavy atom. The van der Waals surface area contributed by atoms with Gasteiger partial charge in [0.1, 0.15) is 5.37 Å². The number of rotatable bonds is 2. The van der Waals surface area contributed by atoms with Crippen LogP contribution in [0.15, 0.2) is 47.4 Å². The van der Waals surface area contributed by atoms with Gasteiger partial charge in [-0.2, -0.15) is 13.2 Å². The van der Waals surface area contributed by atoms with E-state index in [9.17, 15) is 18.0 Å². The fraction of sp³-hybridized carbons (Fsp3) is 0.133. The third kappa shape index (κ3) is 2.64. The Morgan fingerprint density at radius 1 is 1.18 bits per heavy atom. The first-order valence-corrected chi connectivity index (χ1v) is 7.21. The summed E-state index contributed by atoms with van der Waals surface area (Å²) in [5.41, 5.74) is 0.288. The molecule has 3 rings (SSSR count). The maximum Gasteiger partial charge on any atom is 0.416 e. The van der Waals surface area contributed by atoms with Crippen molar-refractivity contribution >= 4 is 23.4 Å². The molecular weight excluding hydrogens is 315 g/mol. The van der Waals surface area contributed by atoms with Gasteiger partial charge in [0.05, 0.1) is 16.8 Å². The Labute approximate surface area is 128 Å². The summed E-state index contributed by atoms with van der Waals surface area (Å²) in [6, 6.07) is 9.85. The third-order valence-corrected chi connectivity index (χ3v) is 4.51. The van der Waals surface area contributed by atoms with Crippen LogP contribution < -0.4 is 5.32 Å². The van der Waals surface area contributed by atoms with E-state index in [2.05, 4.69) is 5.32 Å². The van der Waals surface area contributed by atoms with Crippen molar-refractivity contribution in [3.05, 3.63) is 59.2 Å². The quantitative estimate of drug-likeness (QED) is 0.846. The number of benzene rings is 2. The number of fused-ring (bicyclic) bond motifs is 1. The van der Waals surface area contributed by atoms with Gasteiger partial charge in [0.15, 0.2) is 0 Å². The summed E-state index contributed by atoms with van der Waals surface area (Å²) in [5.74, 6) is -1.07. The van der Waals surface area contributed by atoms with Crippen molar-refractivity contribution in [2.24, 2.45) is 0 Å². The highest BCUT2D eigenvalue weighted by molar-refractivity contribution is 8.00. The van der Waals surface area contributed by atoms with Crippen molar-refractivity contribution in [1.29, 1.82) is 0 Å². The Bertz CT molecular complexity index is 746. The summed E-state index contributed by atoms with van der Waals surface area (Å²) in [6.07, 6.45) is -4.40. The van der Waals surface area contributed by atoms with Crippen LogP contribution in [0.1, 0.15) is 26.9 Å². The van der Waals surface area contributed by atoms with Crippen molar-refractivity contribution in [2.45, 2.75) is 16.4 Å². The van der Waals surface area contributed by atoms with Gasteiger partial charge in [-0.3, -0.25) is 0 Å². The topological polar surface area (TPSA) is 49.3 Å². The molecule has 1 aliphatic heterocycles. The van der Waals surface area contributed by atoms with Crippen molar-refractivity contribution in [3.63, 3.8) is 0 Å². The van der Waals surface area contributed by atoms with Gasteiger partial charge in [0.25, 0.3) is 0 Å². The number of carbonyl (C=O) groups is 1. The average molecular weight is 325 g/mol. The normalized spacial score (nSPS) is 17.0. The van der Waals surface area contributed by atoms with E-state index < -0.39 is 23.1 Å². The van der Waals surface area contributed by atoms with Crippen LogP contribution in [0.2, 0.25) is 0 Å². The molecule has 0 bridgehead atoms. The summed E-state index contributed by atoms with van der Waals surface area (Å²) in [5, 5.41) is 11.7. The minimum Gasteiger partial charge on any atom is -0.478 e. The Balaban J connectivity index is 1.94. The number of carboxylic acid groups (broad SMARTS) is 1. The molecule has 0 aliphatic carbocycles. The molecular formula is C15H10F3NO2S. The average Bonchev–Trinajstić information content (AvgIpc) is 2.90. The van der Waals surface area contributed by atoms with Crippen LogP contribution in [-0.2, 0) is 6.18 Å². The number of thioether (sulfide) groups is 1. The summed E-state index contributed by atoms with van der Waals surface area (Å²) < 4.78 is 38.3.